The van der Waals surface area contributed by atoms with Crippen molar-refractivity contribution in [3.8, 4) is 0 Å². The second kappa shape index (κ2) is 4.07. The van der Waals surface area contributed by atoms with Crippen LogP contribution in [-0.2, 0) is 0 Å². The molecule has 0 aromatic carbocycles. The number of likely N-dealkylation sites (tertiary alicyclic amines) is 1. The standard InChI is InChI=1S/C7H15NO.C2H6/c1-7(2,9)6-4-8(3)5-6;1-2/h6,9H,4-5H2,1-3H3;1-2H3. The van der Waals surface area contributed by atoms with E-state index in [1.807, 2.05) is 27.7 Å². The van der Waals surface area contributed by atoms with Crippen LogP contribution in [0, 0.1) is 5.92 Å². The van der Waals surface area contributed by atoms with Gasteiger partial charge in [-0.3, -0.25) is 0 Å². The fraction of sp³-hybridized carbons (Fsp3) is 1.00. The molecule has 0 saturated carbocycles. The third-order valence-electron chi connectivity index (χ3n) is 2.06. The van der Waals surface area contributed by atoms with E-state index >= 15 is 0 Å². The fourth-order valence-corrected chi connectivity index (χ4v) is 1.15. The van der Waals surface area contributed by atoms with E-state index < -0.39 is 5.60 Å². The third-order valence-corrected chi connectivity index (χ3v) is 2.06. The average molecular weight is 159 g/mol. The van der Waals surface area contributed by atoms with E-state index in [0.29, 0.717) is 5.92 Å². The van der Waals surface area contributed by atoms with Gasteiger partial charge >= 0.3 is 0 Å². The van der Waals surface area contributed by atoms with Crippen molar-refractivity contribution in [3.63, 3.8) is 0 Å². The van der Waals surface area contributed by atoms with E-state index in [9.17, 15) is 5.11 Å². The summed E-state index contributed by atoms with van der Waals surface area (Å²) in [5, 5.41) is 9.43. The molecular formula is C9H21NO. The first-order chi connectivity index (χ1) is 5.00. The van der Waals surface area contributed by atoms with E-state index in [1.54, 1.807) is 0 Å². The lowest BCUT2D eigenvalue weighted by Gasteiger charge is -2.43. The summed E-state index contributed by atoms with van der Waals surface area (Å²) in [6, 6.07) is 0. The lowest BCUT2D eigenvalue weighted by Crippen LogP contribution is -2.53. The Hall–Kier alpha value is -0.0800. The van der Waals surface area contributed by atoms with E-state index in [-0.39, 0.29) is 0 Å². The molecular weight excluding hydrogens is 138 g/mol. The summed E-state index contributed by atoms with van der Waals surface area (Å²) in [7, 11) is 2.07. The molecule has 0 aromatic rings. The van der Waals surface area contributed by atoms with Crippen molar-refractivity contribution < 1.29 is 5.11 Å². The van der Waals surface area contributed by atoms with Crippen molar-refractivity contribution in [2.75, 3.05) is 20.1 Å². The molecule has 68 valence electrons. The Kier molecular flexibility index (Phi) is 4.04. The summed E-state index contributed by atoms with van der Waals surface area (Å²) in [4.78, 5) is 2.21. The smallest absolute Gasteiger partial charge is 0.0644 e. The third kappa shape index (κ3) is 3.21. The summed E-state index contributed by atoms with van der Waals surface area (Å²) >= 11 is 0. The van der Waals surface area contributed by atoms with Crippen LogP contribution in [0.4, 0.5) is 0 Å². The lowest BCUT2D eigenvalue weighted by molar-refractivity contribution is -0.0525. The van der Waals surface area contributed by atoms with Crippen LogP contribution in [0.25, 0.3) is 0 Å². The monoisotopic (exact) mass is 159 g/mol. The van der Waals surface area contributed by atoms with Crippen LogP contribution in [-0.4, -0.2) is 35.7 Å². The van der Waals surface area contributed by atoms with Gasteiger partial charge in [0.2, 0.25) is 0 Å². The summed E-state index contributed by atoms with van der Waals surface area (Å²) in [5.41, 5.74) is -0.466. The molecule has 1 aliphatic heterocycles. The van der Waals surface area contributed by atoms with E-state index in [4.69, 9.17) is 0 Å². The molecule has 2 nitrogen and oxygen atoms in total. The number of aliphatic hydroxyl groups is 1. The van der Waals surface area contributed by atoms with Crippen LogP contribution in [0.15, 0.2) is 0 Å². The minimum absolute atomic E-state index is 0.466. The van der Waals surface area contributed by atoms with Crippen molar-refractivity contribution in [2.45, 2.75) is 33.3 Å². The predicted molar refractivity (Wildman–Crippen MR) is 48.6 cm³/mol. The molecule has 0 spiro atoms. The van der Waals surface area contributed by atoms with Gasteiger partial charge in [-0.15, -0.1) is 0 Å². The van der Waals surface area contributed by atoms with Gasteiger partial charge in [0, 0.05) is 19.0 Å². The van der Waals surface area contributed by atoms with Crippen molar-refractivity contribution in [2.24, 2.45) is 5.92 Å². The first-order valence-electron chi connectivity index (χ1n) is 4.41. The zero-order valence-electron chi connectivity index (χ0n) is 8.39. The first-order valence-corrected chi connectivity index (χ1v) is 4.41. The number of hydrogen-bond donors (Lipinski definition) is 1. The maximum Gasteiger partial charge on any atom is 0.0644 e. The van der Waals surface area contributed by atoms with Crippen LogP contribution >= 0.6 is 0 Å². The van der Waals surface area contributed by atoms with Gasteiger partial charge in [0.05, 0.1) is 5.60 Å². The number of nitrogens with zero attached hydrogens (tertiary/aromatic N) is 1. The average Bonchev–Trinajstić information content (AvgIpc) is 1.84. The summed E-state index contributed by atoms with van der Waals surface area (Å²) in [5.74, 6) is 0.488. The molecule has 2 heteroatoms. The Balaban J connectivity index is 0.000000461. The first kappa shape index (κ1) is 10.9. The molecule has 11 heavy (non-hydrogen) atoms. The van der Waals surface area contributed by atoms with E-state index in [1.165, 1.54) is 0 Å². The maximum atomic E-state index is 9.43. The molecule has 1 aliphatic rings. The van der Waals surface area contributed by atoms with E-state index in [0.717, 1.165) is 13.1 Å². The quantitative estimate of drug-likeness (QED) is 0.624. The molecule has 1 rings (SSSR count). The highest BCUT2D eigenvalue weighted by atomic mass is 16.3. The van der Waals surface area contributed by atoms with Gasteiger partial charge < -0.3 is 10.0 Å². The molecule has 1 N–H and O–H groups in total. The molecule has 1 fully saturated rings. The summed E-state index contributed by atoms with van der Waals surface area (Å²) in [6.07, 6.45) is 0. The molecule has 1 saturated heterocycles. The number of rotatable bonds is 1. The van der Waals surface area contributed by atoms with Crippen LogP contribution < -0.4 is 0 Å². The fourth-order valence-electron chi connectivity index (χ4n) is 1.15. The minimum atomic E-state index is -0.466. The highest BCUT2D eigenvalue weighted by Crippen LogP contribution is 2.24. The van der Waals surface area contributed by atoms with Gasteiger partial charge in [-0.25, -0.2) is 0 Å². The number of hydrogen-bond acceptors (Lipinski definition) is 2. The van der Waals surface area contributed by atoms with Crippen LogP contribution in [0.1, 0.15) is 27.7 Å². The van der Waals surface area contributed by atoms with Crippen molar-refractivity contribution in [3.05, 3.63) is 0 Å². The van der Waals surface area contributed by atoms with Gasteiger partial charge in [-0.2, -0.15) is 0 Å². The Bertz CT molecular complexity index is 101. The van der Waals surface area contributed by atoms with Gasteiger partial charge in [-0.05, 0) is 20.9 Å². The van der Waals surface area contributed by atoms with Gasteiger partial charge in [0.1, 0.15) is 0 Å². The van der Waals surface area contributed by atoms with Crippen LogP contribution in [0.3, 0.4) is 0 Å². The highest BCUT2D eigenvalue weighted by molar-refractivity contribution is 4.88. The highest BCUT2D eigenvalue weighted by Gasteiger charge is 2.35. The van der Waals surface area contributed by atoms with Crippen LogP contribution in [0.2, 0.25) is 0 Å². The molecule has 1 heterocycles. The molecule has 0 bridgehead atoms. The molecule has 0 radical (unpaired) electrons. The zero-order valence-corrected chi connectivity index (χ0v) is 8.39. The normalized spacial score (nSPS) is 20.2. The molecule has 0 unspecified atom stereocenters. The molecule has 0 amide bonds. The van der Waals surface area contributed by atoms with Crippen LogP contribution in [0.5, 0.6) is 0 Å². The van der Waals surface area contributed by atoms with Crippen molar-refractivity contribution >= 4 is 0 Å². The van der Waals surface area contributed by atoms with Crippen molar-refractivity contribution in [1.29, 1.82) is 0 Å². The van der Waals surface area contributed by atoms with Gasteiger partial charge in [-0.1, -0.05) is 13.8 Å². The SMILES string of the molecule is CC.CN1CC(C(C)(C)O)C1. The Morgan fingerprint density at radius 3 is 1.73 bits per heavy atom. The Morgan fingerprint density at radius 1 is 1.27 bits per heavy atom. The van der Waals surface area contributed by atoms with Gasteiger partial charge in [0.25, 0.3) is 0 Å². The second-order valence-electron chi connectivity index (χ2n) is 3.57. The second-order valence-corrected chi connectivity index (χ2v) is 3.57. The van der Waals surface area contributed by atoms with E-state index in [2.05, 4.69) is 11.9 Å². The Labute approximate surface area is 70.2 Å². The minimum Gasteiger partial charge on any atom is -0.390 e. The summed E-state index contributed by atoms with van der Waals surface area (Å²) in [6.45, 7) is 9.85. The predicted octanol–water partition coefficient (Wildman–Crippen LogP) is 1.35. The van der Waals surface area contributed by atoms with Gasteiger partial charge in [0.15, 0.2) is 0 Å². The zero-order chi connectivity index (χ0) is 9.07. The largest absolute Gasteiger partial charge is 0.390 e. The Morgan fingerprint density at radius 2 is 1.64 bits per heavy atom. The van der Waals surface area contributed by atoms with Crippen molar-refractivity contribution in [1.82, 2.24) is 4.90 Å². The molecule has 0 atom stereocenters. The summed E-state index contributed by atoms with van der Waals surface area (Å²) < 4.78 is 0. The molecule has 0 aliphatic carbocycles. The lowest BCUT2D eigenvalue weighted by atomic mass is 9.85. The molecule has 0 aromatic heterocycles. The topological polar surface area (TPSA) is 23.5 Å². The maximum absolute atomic E-state index is 9.43.